The van der Waals surface area contributed by atoms with E-state index < -0.39 is 0 Å². The molecule has 0 radical (unpaired) electrons. The third-order valence-corrected chi connectivity index (χ3v) is 2.13. The summed E-state index contributed by atoms with van der Waals surface area (Å²) in [7, 11) is 0. The van der Waals surface area contributed by atoms with E-state index in [0.717, 1.165) is 12.5 Å². The van der Waals surface area contributed by atoms with Gasteiger partial charge in [0.05, 0.1) is 0 Å². The van der Waals surface area contributed by atoms with E-state index in [1.54, 1.807) is 12.4 Å². The first kappa shape index (κ1) is 6.58. The Morgan fingerprint density at radius 3 is 2.64 bits per heavy atom. The lowest BCUT2D eigenvalue weighted by Crippen LogP contribution is -2.46. The summed E-state index contributed by atoms with van der Waals surface area (Å²) in [6.07, 6.45) is 4.83. The van der Waals surface area contributed by atoms with Crippen molar-refractivity contribution in [2.24, 2.45) is 0 Å². The Morgan fingerprint density at radius 1 is 1.45 bits per heavy atom. The first-order valence-electron chi connectivity index (χ1n) is 3.91. The number of aromatic nitrogens is 2. The van der Waals surface area contributed by atoms with Crippen molar-refractivity contribution >= 4 is 5.95 Å². The van der Waals surface area contributed by atoms with E-state index in [0.29, 0.717) is 6.04 Å². The van der Waals surface area contributed by atoms with Crippen molar-refractivity contribution < 1.29 is 0 Å². The Kier molecular flexibility index (Phi) is 1.49. The number of anilines is 1. The van der Waals surface area contributed by atoms with Crippen LogP contribution < -0.4 is 4.90 Å². The van der Waals surface area contributed by atoms with Gasteiger partial charge in [-0.25, -0.2) is 9.97 Å². The zero-order valence-electron chi connectivity index (χ0n) is 6.57. The smallest absolute Gasteiger partial charge is 0.225 e. The number of rotatable bonds is 1. The molecular formula is C8H11N3. The van der Waals surface area contributed by atoms with Crippen LogP contribution in [0.15, 0.2) is 18.5 Å². The van der Waals surface area contributed by atoms with Crippen LogP contribution in [-0.2, 0) is 0 Å². The highest BCUT2D eigenvalue weighted by Crippen LogP contribution is 2.20. The Morgan fingerprint density at radius 2 is 2.18 bits per heavy atom. The van der Waals surface area contributed by atoms with Gasteiger partial charge in [-0.15, -0.1) is 0 Å². The average molecular weight is 149 g/mol. The summed E-state index contributed by atoms with van der Waals surface area (Å²) in [6, 6.07) is 2.46. The summed E-state index contributed by atoms with van der Waals surface area (Å²) >= 11 is 0. The molecule has 0 N–H and O–H groups in total. The molecule has 1 saturated heterocycles. The summed E-state index contributed by atoms with van der Waals surface area (Å²) < 4.78 is 0. The SMILES string of the molecule is C[C@H]1CCN1c1ncccn1. The van der Waals surface area contributed by atoms with Crippen LogP contribution >= 0.6 is 0 Å². The van der Waals surface area contributed by atoms with Crippen molar-refractivity contribution in [1.82, 2.24) is 9.97 Å². The van der Waals surface area contributed by atoms with E-state index in [-0.39, 0.29) is 0 Å². The molecule has 1 aromatic rings. The quantitative estimate of drug-likeness (QED) is 0.598. The second-order valence-corrected chi connectivity index (χ2v) is 2.88. The third-order valence-electron chi connectivity index (χ3n) is 2.13. The highest BCUT2D eigenvalue weighted by atomic mass is 15.3. The highest BCUT2D eigenvalue weighted by molar-refractivity contribution is 5.33. The Hall–Kier alpha value is -1.12. The molecule has 58 valence electrons. The van der Waals surface area contributed by atoms with Crippen LogP contribution in [0.25, 0.3) is 0 Å². The van der Waals surface area contributed by atoms with Gasteiger partial charge in [0.2, 0.25) is 5.95 Å². The van der Waals surface area contributed by atoms with Gasteiger partial charge in [0.25, 0.3) is 0 Å². The normalized spacial score (nSPS) is 23.0. The fourth-order valence-corrected chi connectivity index (χ4v) is 1.25. The molecule has 1 aliphatic heterocycles. The van der Waals surface area contributed by atoms with Gasteiger partial charge in [-0.1, -0.05) is 0 Å². The Bertz CT molecular complexity index is 234. The summed E-state index contributed by atoms with van der Waals surface area (Å²) in [6.45, 7) is 3.30. The van der Waals surface area contributed by atoms with Crippen LogP contribution in [0, 0.1) is 0 Å². The van der Waals surface area contributed by atoms with Gasteiger partial charge in [0.15, 0.2) is 0 Å². The van der Waals surface area contributed by atoms with Crippen molar-refractivity contribution in [3.8, 4) is 0 Å². The topological polar surface area (TPSA) is 29.0 Å². The molecule has 3 heteroatoms. The maximum Gasteiger partial charge on any atom is 0.225 e. The van der Waals surface area contributed by atoms with Gasteiger partial charge < -0.3 is 4.90 Å². The van der Waals surface area contributed by atoms with E-state index in [1.807, 2.05) is 6.07 Å². The van der Waals surface area contributed by atoms with E-state index in [9.17, 15) is 0 Å². The van der Waals surface area contributed by atoms with Crippen molar-refractivity contribution in [2.45, 2.75) is 19.4 Å². The molecule has 2 rings (SSSR count). The van der Waals surface area contributed by atoms with Crippen molar-refractivity contribution in [3.05, 3.63) is 18.5 Å². The molecule has 0 bridgehead atoms. The molecule has 0 spiro atoms. The fraction of sp³-hybridized carbons (Fsp3) is 0.500. The van der Waals surface area contributed by atoms with Crippen LogP contribution in [-0.4, -0.2) is 22.6 Å². The third kappa shape index (κ3) is 1.06. The highest BCUT2D eigenvalue weighted by Gasteiger charge is 2.25. The predicted molar refractivity (Wildman–Crippen MR) is 43.5 cm³/mol. The fourth-order valence-electron chi connectivity index (χ4n) is 1.25. The minimum Gasteiger partial charge on any atom is -0.338 e. The minimum absolute atomic E-state index is 0.623. The largest absolute Gasteiger partial charge is 0.338 e. The van der Waals surface area contributed by atoms with Crippen LogP contribution in [0.3, 0.4) is 0 Å². The minimum atomic E-state index is 0.623. The number of hydrogen-bond donors (Lipinski definition) is 0. The van der Waals surface area contributed by atoms with Gasteiger partial charge in [0.1, 0.15) is 0 Å². The van der Waals surface area contributed by atoms with Gasteiger partial charge in [0, 0.05) is 25.0 Å². The van der Waals surface area contributed by atoms with Crippen molar-refractivity contribution in [2.75, 3.05) is 11.4 Å². The summed E-state index contributed by atoms with van der Waals surface area (Å²) in [5, 5.41) is 0. The maximum absolute atomic E-state index is 4.17. The molecule has 0 aromatic carbocycles. The molecule has 0 saturated carbocycles. The van der Waals surface area contributed by atoms with E-state index in [4.69, 9.17) is 0 Å². The molecule has 11 heavy (non-hydrogen) atoms. The lowest BCUT2D eigenvalue weighted by molar-refractivity contribution is 0.470. The molecule has 0 aliphatic carbocycles. The second-order valence-electron chi connectivity index (χ2n) is 2.88. The molecule has 2 heterocycles. The molecular weight excluding hydrogens is 138 g/mol. The van der Waals surface area contributed by atoms with Gasteiger partial charge in [-0.05, 0) is 19.4 Å². The molecule has 0 amide bonds. The molecule has 0 unspecified atom stereocenters. The van der Waals surface area contributed by atoms with Crippen LogP contribution in [0.5, 0.6) is 0 Å². The van der Waals surface area contributed by atoms with Crippen LogP contribution in [0.1, 0.15) is 13.3 Å². The van der Waals surface area contributed by atoms with Gasteiger partial charge in [-0.3, -0.25) is 0 Å². The van der Waals surface area contributed by atoms with Crippen LogP contribution in [0.4, 0.5) is 5.95 Å². The second kappa shape index (κ2) is 2.49. The van der Waals surface area contributed by atoms with E-state index in [2.05, 4.69) is 21.8 Å². The van der Waals surface area contributed by atoms with E-state index in [1.165, 1.54) is 6.42 Å². The molecule has 3 nitrogen and oxygen atoms in total. The molecule has 1 aliphatic rings. The first-order chi connectivity index (χ1) is 5.38. The first-order valence-corrected chi connectivity index (χ1v) is 3.91. The Labute approximate surface area is 66.1 Å². The number of hydrogen-bond acceptors (Lipinski definition) is 3. The van der Waals surface area contributed by atoms with Crippen LogP contribution in [0.2, 0.25) is 0 Å². The number of nitrogens with zero attached hydrogens (tertiary/aromatic N) is 3. The van der Waals surface area contributed by atoms with Gasteiger partial charge >= 0.3 is 0 Å². The average Bonchev–Trinajstić information content (AvgIpc) is 2.04. The van der Waals surface area contributed by atoms with E-state index >= 15 is 0 Å². The summed E-state index contributed by atoms with van der Waals surface area (Å²) in [4.78, 5) is 10.5. The zero-order valence-corrected chi connectivity index (χ0v) is 6.57. The predicted octanol–water partition coefficient (Wildman–Crippen LogP) is 1.08. The van der Waals surface area contributed by atoms with Crippen molar-refractivity contribution in [3.63, 3.8) is 0 Å². The molecule has 1 aromatic heterocycles. The Balaban J connectivity index is 2.17. The summed E-state index contributed by atoms with van der Waals surface area (Å²) in [5.41, 5.74) is 0. The lowest BCUT2D eigenvalue weighted by atomic mass is 10.1. The van der Waals surface area contributed by atoms with Gasteiger partial charge in [-0.2, -0.15) is 0 Å². The monoisotopic (exact) mass is 149 g/mol. The molecule has 1 atom stereocenters. The summed E-state index contributed by atoms with van der Waals surface area (Å²) in [5.74, 6) is 0.867. The zero-order chi connectivity index (χ0) is 7.68. The lowest BCUT2D eigenvalue weighted by Gasteiger charge is -2.38. The maximum atomic E-state index is 4.17. The standard InChI is InChI=1S/C8H11N3/c1-7-3-6-11(7)8-9-4-2-5-10-8/h2,4-5,7H,3,6H2,1H3/t7-/m0/s1. The van der Waals surface area contributed by atoms with Crippen molar-refractivity contribution in [1.29, 1.82) is 0 Å². The molecule has 1 fully saturated rings.